The Balaban J connectivity index is 0.000000201. The van der Waals surface area contributed by atoms with Crippen LogP contribution in [0.4, 0.5) is 116 Å². The number of anilines is 20. The number of aromatic nitrogens is 13. The molecule has 7 heterocycles. The molecule has 3 amide bonds. The second kappa shape index (κ2) is 46.0. The molecule has 0 aliphatic heterocycles. The third-order valence-electron chi connectivity index (χ3n) is 18.7. The van der Waals surface area contributed by atoms with Crippen molar-refractivity contribution >= 4 is 166 Å². The fraction of sp³-hybridized carbons (Fsp3) is 0.350. The maximum Gasteiger partial charge on any atom is 0.248 e. The predicted octanol–water partition coefficient (Wildman–Crippen LogP) is 22.2. The van der Waals surface area contributed by atoms with Gasteiger partial charge >= 0.3 is 0 Å². The fourth-order valence-corrected chi connectivity index (χ4v) is 12.9. The molecule has 0 spiro atoms. The molecule has 0 saturated heterocycles. The van der Waals surface area contributed by atoms with E-state index in [0.717, 1.165) is 113 Å². The first kappa shape index (κ1) is 107. The molecule has 0 aliphatic rings. The number of aryl methyl sites for hydroxylation is 7. The highest BCUT2D eigenvalue weighted by molar-refractivity contribution is 7.89. The molecule has 0 radical (unpaired) electrons. The number of nitrogens with zero attached hydrogens (tertiary/aromatic N) is 12. The molecule has 13 aromatic rings. The smallest absolute Gasteiger partial charge is 0.248 e. The highest BCUT2D eigenvalue weighted by atomic mass is 35.5. The fourth-order valence-electron chi connectivity index (χ4n) is 12.2. The lowest BCUT2D eigenvalue weighted by molar-refractivity contribution is -0.115. The van der Waals surface area contributed by atoms with E-state index in [0.29, 0.717) is 63.6 Å². The number of fused-ring (bicyclic) bond motifs is 1. The van der Waals surface area contributed by atoms with Gasteiger partial charge in [0.25, 0.3) is 0 Å². The van der Waals surface area contributed by atoms with Crippen LogP contribution >= 0.6 is 11.6 Å². The first-order chi connectivity index (χ1) is 63.3. The topological polar surface area (TPSA) is 476 Å². The monoisotopic (exact) mass is 1890 g/mol. The molecule has 13 rings (SSSR count). The molecular weight excluding hydrogens is 1750 g/mol. The van der Waals surface area contributed by atoms with Crippen LogP contribution in [0.25, 0.3) is 10.9 Å². The number of nitrogens with one attached hydrogen (secondary N) is 15. The van der Waals surface area contributed by atoms with Gasteiger partial charge in [0, 0.05) is 180 Å². The van der Waals surface area contributed by atoms with Gasteiger partial charge in [-0.05, 0) is 295 Å². The van der Waals surface area contributed by atoms with Crippen LogP contribution in [0, 0.1) is 62.3 Å². The van der Waals surface area contributed by atoms with Gasteiger partial charge in [-0.2, -0.15) is 29.9 Å². The molecule has 34 nitrogen and oxygen atoms in total. The Kier molecular flexibility index (Phi) is 36.1. The molecule has 7 aromatic heterocycles. The van der Waals surface area contributed by atoms with Crippen molar-refractivity contribution in [3.63, 3.8) is 0 Å². The number of sulfonamides is 1. The standard InChI is InChI=1S/C18H25N5O.C17H20ClN5.C17H23N5O.C17H24N4.C16H21N5O.C15H21N5O2S/c1-11-10-19-17(23-18(4,5)6)22-16(11)21-15-9-7-8-14(12(15)2)20-13(3)24;1-10-9-20-16(23-17(2,3)4)22-15(10)21-13-6-5-12(18)14-11(13)7-8-19-14;1-11-10-18-16(22-17(3,4)5)21-15(11)20-14-8-6-7-13(9-14)19-12(2)23;1-11-8-7-9-14(13(11)3)19-15-12(2)10-18-16(20-15)21-17(4,5)6;1-10-9-18-15(21-16(2,3)4)20-14(10)19-12-7-5-6-11(8-12)13(17)22;1-10-9-17-14(20-15(2,3)4)19-13(10)18-11-6-5-7-12(8-11)23(16,21)22/h7-10H,1-6H3,(H,20,24)(H2,19,21,22,23);5-9,19H,1-4H3,(H2,20,21,22,23);6-10H,1-5H3,(H,19,23)(H2,18,20,21,22);7-10H,1-6H3,(H2,18,19,20,21);5-9H,1-4H3,(H2,17,22)(H2,18,19,20,21);5-9H,1-4H3,(H2,16,21,22)(H2,17,18,19,20). The van der Waals surface area contributed by atoms with Crippen molar-refractivity contribution in [1.82, 2.24) is 64.8 Å². The highest BCUT2D eigenvalue weighted by Crippen LogP contribution is 2.35. The van der Waals surface area contributed by atoms with Crippen LogP contribution in [-0.4, -0.2) is 124 Å². The molecule has 0 aliphatic carbocycles. The maximum absolute atomic E-state index is 11.4. The Morgan fingerprint density at radius 2 is 0.647 bits per heavy atom. The van der Waals surface area contributed by atoms with Gasteiger partial charge in [0.2, 0.25) is 63.4 Å². The number of rotatable bonds is 22. The molecule has 722 valence electrons. The normalized spacial score (nSPS) is 11.4. The summed E-state index contributed by atoms with van der Waals surface area (Å²) in [5.74, 6) is 7.14. The molecule has 136 heavy (non-hydrogen) atoms. The summed E-state index contributed by atoms with van der Waals surface area (Å²) in [5.41, 5.74) is 21.7. The van der Waals surface area contributed by atoms with Crippen molar-refractivity contribution in [1.29, 1.82) is 0 Å². The number of benzene rings is 6. The largest absolute Gasteiger partial charge is 0.366 e. The minimum absolute atomic E-state index is 0.0437. The van der Waals surface area contributed by atoms with Crippen molar-refractivity contribution in [2.75, 3.05) is 74.4 Å². The van der Waals surface area contributed by atoms with Crippen LogP contribution in [0.2, 0.25) is 5.02 Å². The van der Waals surface area contributed by atoms with E-state index in [-0.39, 0.29) is 49.9 Å². The van der Waals surface area contributed by atoms with Crippen molar-refractivity contribution in [3.05, 3.63) is 231 Å². The van der Waals surface area contributed by atoms with Gasteiger partial charge in [-0.15, -0.1) is 0 Å². The number of hydrogen-bond acceptors (Lipinski definition) is 29. The molecule has 0 bridgehead atoms. The van der Waals surface area contributed by atoms with Crippen molar-refractivity contribution < 1.29 is 22.8 Å². The Hall–Kier alpha value is -14.5. The third kappa shape index (κ3) is 35.8. The first-order valence-corrected chi connectivity index (χ1v) is 46.1. The lowest BCUT2D eigenvalue weighted by Crippen LogP contribution is -2.27. The molecule has 0 unspecified atom stereocenters. The van der Waals surface area contributed by atoms with Crippen LogP contribution in [0.1, 0.15) is 199 Å². The van der Waals surface area contributed by atoms with Crippen LogP contribution in [0.5, 0.6) is 0 Å². The number of carbonyl (C=O) groups is 3. The summed E-state index contributed by atoms with van der Waals surface area (Å²) < 4.78 is 22.9. The number of primary amides is 1. The zero-order chi connectivity index (χ0) is 101. The zero-order valence-electron chi connectivity index (χ0n) is 83.5. The summed E-state index contributed by atoms with van der Waals surface area (Å²) in [6.07, 6.45) is 12.6. The molecule has 0 fully saturated rings. The molecule has 6 aromatic carbocycles. The minimum atomic E-state index is -3.75. The average Bonchev–Trinajstić information content (AvgIpc) is 1.67. The van der Waals surface area contributed by atoms with E-state index in [9.17, 15) is 22.8 Å². The Morgan fingerprint density at radius 3 is 1.01 bits per heavy atom. The highest BCUT2D eigenvalue weighted by Gasteiger charge is 2.22. The van der Waals surface area contributed by atoms with Gasteiger partial charge in [-0.1, -0.05) is 48.0 Å². The zero-order valence-corrected chi connectivity index (χ0v) is 85.1. The van der Waals surface area contributed by atoms with E-state index in [1.165, 1.54) is 37.1 Å². The van der Waals surface area contributed by atoms with Crippen LogP contribution in [0.3, 0.4) is 0 Å². The van der Waals surface area contributed by atoms with E-state index >= 15 is 0 Å². The average molecular weight is 1890 g/mol. The quantitative estimate of drug-likeness (QED) is 0.0300. The second-order valence-corrected chi connectivity index (χ2v) is 40.9. The van der Waals surface area contributed by atoms with E-state index in [2.05, 4.69) is 254 Å². The Labute approximate surface area is 804 Å². The molecule has 0 saturated carbocycles. The van der Waals surface area contributed by atoms with Gasteiger partial charge < -0.3 is 85.2 Å². The molecule has 19 N–H and O–H groups in total. The summed E-state index contributed by atoms with van der Waals surface area (Å²) in [6.45, 7) is 57.8. The number of carbonyl (C=O) groups excluding carboxylic acids is 3. The summed E-state index contributed by atoms with van der Waals surface area (Å²) in [6, 6.07) is 38.5. The first-order valence-electron chi connectivity index (χ1n) is 44.2. The number of primary sulfonamides is 1. The SMILES string of the molecule is CC(=O)Nc1cccc(Nc2nc(NC(C)(C)C)ncc2C)c1.CC(=O)Nc1cccc(Nc2nc(NC(C)(C)C)ncc2C)c1C.Cc1cnc(NC(C)(C)C)nc1Nc1ccc(Cl)c2[nH]ccc12.Cc1cnc(NC(C)(C)C)nc1Nc1cccc(C(N)=O)c1.Cc1cnc(NC(C)(C)C)nc1Nc1cccc(C)c1C.Cc1cnc(NC(C)(C)C)nc1Nc1cccc(S(N)(=O)=O)c1. The summed E-state index contributed by atoms with van der Waals surface area (Å²) in [5, 5.41) is 51.7. The number of H-pyrrole nitrogens is 1. The molecule has 0 atom stereocenters. The van der Waals surface area contributed by atoms with E-state index in [1.54, 1.807) is 55.1 Å². The van der Waals surface area contributed by atoms with Gasteiger partial charge in [0.05, 0.1) is 15.4 Å². The van der Waals surface area contributed by atoms with E-state index in [4.69, 9.17) is 22.5 Å². The molecular formula is C100H134ClN29O5S. The Morgan fingerprint density at radius 1 is 0.338 bits per heavy atom. The Bertz CT molecular complexity index is 6450. The second-order valence-electron chi connectivity index (χ2n) is 38.9. The van der Waals surface area contributed by atoms with E-state index in [1.807, 2.05) is 175 Å². The van der Waals surface area contributed by atoms with Crippen LogP contribution < -0.4 is 85.3 Å². The lowest BCUT2D eigenvalue weighted by Gasteiger charge is -2.21. The number of aromatic amines is 1. The van der Waals surface area contributed by atoms with Crippen molar-refractivity contribution in [3.8, 4) is 0 Å². The maximum atomic E-state index is 11.4. The van der Waals surface area contributed by atoms with Gasteiger partial charge in [0.1, 0.15) is 34.9 Å². The number of halogens is 1. The number of amides is 3. The van der Waals surface area contributed by atoms with Crippen LogP contribution in [-0.2, 0) is 19.6 Å². The van der Waals surface area contributed by atoms with Crippen molar-refractivity contribution in [2.45, 2.75) is 239 Å². The summed E-state index contributed by atoms with van der Waals surface area (Å²) >= 11 is 6.21. The summed E-state index contributed by atoms with van der Waals surface area (Å²) in [4.78, 5) is 89.9. The van der Waals surface area contributed by atoms with Gasteiger partial charge in [-0.25, -0.2) is 43.5 Å². The van der Waals surface area contributed by atoms with E-state index < -0.39 is 15.9 Å². The molecule has 36 heteroatoms. The lowest BCUT2D eigenvalue weighted by atomic mass is 10.1. The van der Waals surface area contributed by atoms with Crippen LogP contribution in [0.15, 0.2) is 176 Å². The number of nitrogens with two attached hydrogens (primary N) is 2. The van der Waals surface area contributed by atoms with Crippen molar-refractivity contribution in [2.24, 2.45) is 10.9 Å². The van der Waals surface area contributed by atoms with Gasteiger partial charge in [0.15, 0.2) is 0 Å². The predicted molar refractivity (Wildman–Crippen MR) is 559 cm³/mol. The number of hydrogen-bond donors (Lipinski definition) is 17. The minimum Gasteiger partial charge on any atom is -0.366 e. The third-order valence-corrected chi connectivity index (χ3v) is 19.9. The van der Waals surface area contributed by atoms with Gasteiger partial charge in [-0.3, -0.25) is 14.4 Å². The summed E-state index contributed by atoms with van der Waals surface area (Å²) in [7, 11) is -3.75.